The van der Waals surface area contributed by atoms with Crippen molar-refractivity contribution in [2.24, 2.45) is 0 Å². The van der Waals surface area contributed by atoms with E-state index in [-0.39, 0.29) is 5.56 Å². The van der Waals surface area contributed by atoms with Gasteiger partial charge in [-0.25, -0.2) is 9.36 Å². The molecular formula is C22H14ClN3O2S. The highest BCUT2D eigenvalue weighted by Gasteiger charge is 2.16. The molecule has 0 atom stereocenters. The average molecular weight is 420 g/mol. The lowest BCUT2D eigenvalue weighted by atomic mass is 10.1. The summed E-state index contributed by atoms with van der Waals surface area (Å²) in [4.78, 5) is 34.0. The lowest BCUT2D eigenvalue weighted by Gasteiger charge is -2.08. The van der Waals surface area contributed by atoms with Crippen LogP contribution in [0.1, 0.15) is 5.56 Å². The second-order valence-electron chi connectivity index (χ2n) is 6.79. The van der Waals surface area contributed by atoms with Gasteiger partial charge in [-0.2, -0.15) is 0 Å². The van der Waals surface area contributed by atoms with Crippen LogP contribution in [-0.2, 0) is 0 Å². The molecule has 0 aliphatic rings. The van der Waals surface area contributed by atoms with Crippen LogP contribution in [0.3, 0.4) is 0 Å². The largest absolute Gasteiger partial charge is 0.333 e. The fraction of sp³-hybridized carbons (Fsp3) is 0.0455. The third-order valence-corrected chi connectivity index (χ3v) is 6.34. The molecule has 0 aliphatic heterocycles. The van der Waals surface area contributed by atoms with Crippen molar-refractivity contribution in [3.8, 4) is 16.1 Å². The van der Waals surface area contributed by atoms with Crippen molar-refractivity contribution in [3.63, 3.8) is 0 Å². The minimum absolute atomic E-state index is 0.372. The smallest absolute Gasteiger partial charge is 0.306 e. The van der Waals surface area contributed by atoms with Gasteiger partial charge in [-0.1, -0.05) is 47.5 Å². The van der Waals surface area contributed by atoms with Crippen molar-refractivity contribution in [3.05, 3.63) is 92.3 Å². The van der Waals surface area contributed by atoms with Crippen molar-refractivity contribution in [1.29, 1.82) is 0 Å². The van der Waals surface area contributed by atoms with Crippen LogP contribution < -0.4 is 11.2 Å². The average Bonchev–Trinajstić information content (AvgIpc) is 3.12. The van der Waals surface area contributed by atoms with Crippen molar-refractivity contribution < 1.29 is 0 Å². The van der Waals surface area contributed by atoms with Crippen molar-refractivity contribution in [2.75, 3.05) is 0 Å². The number of halogens is 1. The molecule has 1 N–H and O–H groups in total. The fourth-order valence-corrected chi connectivity index (χ4v) is 4.84. The van der Waals surface area contributed by atoms with E-state index in [1.54, 1.807) is 24.5 Å². The van der Waals surface area contributed by atoms with Gasteiger partial charge in [-0.3, -0.25) is 9.78 Å². The number of fused-ring (bicyclic) bond motifs is 2. The zero-order valence-corrected chi connectivity index (χ0v) is 16.8. The summed E-state index contributed by atoms with van der Waals surface area (Å²) in [6, 6.07) is 15.1. The van der Waals surface area contributed by atoms with Crippen LogP contribution in [0.25, 0.3) is 37.1 Å². The Labute approximate surface area is 173 Å². The topological polar surface area (TPSA) is 67.8 Å². The van der Waals surface area contributed by atoms with Gasteiger partial charge in [0.1, 0.15) is 4.70 Å². The van der Waals surface area contributed by atoms with Crippen molar-refractivity contribution >= 4 is 43.9 Å². The lowest BCUT2D eigenvalue weighted by Crippen LogP contribution is -2.33. The molecule has 0 unspecified atom stereocenters. The van der Waals surface area contributed by atoms with E-state index in [4.69, 9.17) is 11.6 Å². The van der Waals surface area contributed by atoms with Crippen LogP contribution in [0.4, 0.5) is 0 Å². The highest BCUT2D eigenvalue weighted by molar-refractivity contribution is 7.22. The first kappa shape index (κ1) is 17.8. The van der Waals surface area contributed by atoms with E-state index in [2.05, 4.69) is 9.97 Å². The van der Waals surface area contributed by atoms with Crippen LogP contribution in [0.15, 0.2) is 70.5 Å². The van der Waals surface area contributed by atoms with E-state index in [0.29, 0.717) is 20.9 Å². The molecule has 0 fully saturated rings. The van der Waals surface area contributed by atoms with Gasteiger partial charge in [0.15, 0.2) is 0 Å². The molecule has 0 radical (unpaired) electrons. The Morgan fingerprint density at radius 3 is 2.72 bits per heavy atom. The Morgan fingerprint density at radius 2 is 1.90 bits per heavy atom. The molecule has 0 bridgehead atoms. The highest BCUT2D eigenvalue weighted by atomic mass is 35.5. The maximum Gasteiger partial charge on any atom is 0.333 e. The number of pyridine rings is 1. The molecule has 5 nitrogen and oxygen atoms in total. The van der Waals surface area contributed by atoms with Gasteiger partial charge >= 0.3 is 5.69 Å². The van der Waals surface area contributed by atoms with E-state index in [1.807, 2.05) is 43.3 Å². The van der Waals surface area contributed by atoms with Crippen molar-refractivity contribution in [1.82, 2.24) is 14.5 Å². The van der Waals surface area contributed by atoms with Crippen molar-refractivity contribution in [2.45, 2.75) is 6.92 Å². The summed E-state index contributed by atoms with van der Waals surface area (Å²) in [6.07, 6.45) is 3.27. The number of nitrogens with one attached hydrogen (secondary N) is 1. The van der Waals surface area contributed by atoms with Crippen LogP contribution in [0.5, 0.6) is 0 Å². The second kappa shape index (κ2) is 6.69. The molecule has 5 rings (SSSR count). The summed E-state index contributed by atoms with van der Waals surface area (Å²) in [7, 11) is 0. The van der Waals surface area contributed by atoms with Gasteiger partial charge < -0.3 is 4.98 Å². The molecule has 3 heterocycles. The van der Waals surface area contributed by atoms with E-state index >= 15 is 0 Å². The molecule has 142 valence electrons. The van der Waals surface area contributed by atoms with E-state index in [9.17, 15) is 9.59 Å². The zero-order chi connectivity index (χ0) is 20.1. The normalized spacial score (nSPS) is 11.4. The Bertz CT molecular complexity index is 1530. The Kier molecular flexibility index (Phi) is 4.12. The SMILES string of the molecule is Cc1ccc2cncc(-n3c(=O)[nH]c4cc(-c5ccccc5Cl)sc4c3=O)c2c1. The van der Waals surface area contributed by atoms with Crippen LogP contribution in [0.2, 0.25) is 5.02 Å². The highest BCUT2D eigenvalue weighted by Crippen LogP contribution is 2.35. The van der Waals surface area contributed by atoms with Gasteiger partial charge in [-0.05, 0) is 25.1 Å². The molecule has 5 aromatic rings. The summed E-state index contributed by atoms with van der Waals surface area (Å²) in [5, 5.41) is 2.26. The summed E-state index contributed by atoms with van der Waals surface area (Å²) in [5.74, 6) is 0. The van der Waals surface area contributed by atoms with Gasteiger partial charge in [0.05, 0.1) is 17.4 Å². The molecule has 3 aromatic heterocycles. The number of hydrogen-bond donors (Lipinski definition) is 1. The van der Waals surface area contributed by atoms with Crippen LogP contribution >= 0.6 is 22.9 Å². The van der Waals surface area contributed by atoms with Gasteiger partial charge in [0.2, 0.25) is 0 Å². The lowest BCUT2D eigenvalue weighted by molar-refractivity contribution is 0.905. The fourth-order valence-electron chi connectivity index (χ4n) is 3.46. The molecule has 29 heavy (non-hydrogen) atoms. The van der Waals surface area contributed by atoms with Gasteiger partial charge in [-0.15, -0.1) is 11.3 Å². The third kappa shape index (κ3) is 2.88. The van der Waals surface area contributed by atoms with E-state index in [1.165, 1.54) is 11.3 Å². The number of hydrogen-bond acceptors (Lipinski definition) is 4. The van der Waals surface area contributed by atoms with E-state index in [0.717, 1.165) is 31.3 Å². The number of nitrogens with zero attached hydrogens (tertiary/aromatic N) is 2. The molecule has 0 amide bonds. The monoisotopic (exact) mass is 419 g/mol. The first-order valence-corrected chi connectivity index (χ1v) is 10.1. The molecule has 0 saturated carbocycles. The molecule has 7 heteroatoms. The third-order valence-electron chi connectivity index (χ3n) is 4.85. The van der Waals surface area contributed by atoms with Gasteiger partial charge in [0, 0.05) is 32.4 Å². The number of aryl methyl sites for hydroxylation is 1. The first-order chi connectivity index (χ1) is 14.0. The molecule has 0 spiro atoms. The quantitative estimate of drug-likeness (QED) is 0.441. The van der Waals surface area contributed by atoms with E-state index < -0.39 is 5.69 Å². The van der Waals surface area contributed by atoms with Crippen LogP contribution in [-0.4, -0.2) is 14.5 Å². The van der Waals surface area contributed by atoms with Gasteiger partial charge in [0.25, 0.3) is 5.56 Å². The molecule has 0 aliphatic carbocycles. The van der Waals surface area contributed by atoms with Crippen LogP contribution in [0, 0.1) is 6.92 Å². The Hall–Kier alpha value is -3.22. The maximum atomic E-state index is 13.3. The minimum atomic E-state index is -0.498. The standard InChI is InChI=1S/C22H14ClN3O2S/c1-12-6-7-13-10-24-11-18(15(13)8-12)26-21(27)20-17(25-22(26)28)9-19(29-20)14-4-2-3-5-16(14)23/h2-11H,1H3,(H,25,28). The number of rotatable bonds is 2. The number of aromatic amines is 1. The second-order valence-corrected chi connectivity index (χ2v) is 8.25. The minimum Gasteiger partial charge on any atom is -0.306 e. The maximum absolute atomic E-state index is 13.3. The summed E-state index contributed by atoms with van der Waals surface area (Å²) in [5.41, 5.74) is 1.95. The molecule has 2 aromatic carbocycles. The number of thiophene rings is 1. The predicted octanol–water partition coefficient (Wildman–Crippen LogP) is 4.92. The first-order valence-electron chi connectivity index (χ1n) is 8.91. The predicted molar refractivity (Wildman–Crippen MR) is 119 cm³/mol. The summed E-state index contributed by atoms with van der Waals surface area (Å²) < 4.78 is 1.62. The summed E-state index contributed by atoms with van der Waals surface area (Å²) >= 11 is 7.62. The zero-order valence-electron chi connectivity index (χ0n) is 15.3. The Morgan fingerprint density at radius 1 is 1.07 bits per heavy atom. The number of H-pyrrole nitrogens is 1. The number of aromatic nitrogens is 3. The summed E-state index contributed by atoms with van der Waals surface area (Å²) in [6.45, 7) is 1.97. The molecular weight excluding hydrogens is 406 g/mol. The molecule has 0 saturated heterocycles. The number of benzene rings is 2. The Balaban J connectivity index is 1.81.